The van der Waals surface area contributed by atoms with E-state index in [4.69, 9.17) is 10.5 Å². The zero-order chi connectivity index (χ0) is 13.3. The number of aromatic hydroxyl groups is 1. The van der Waals surface area contributed by atoms with Crippen molar-refractivity contribution in [3.63, 3.8) is 0 Å². The number of aromatic nitrogens is 1. The molecule has 1 heterocycles. The van der Waals surface area contributed by atoms with Gasteiger partial charge in [-0.15, -0.1) is 0 Å². The molecule has 0 spiro atoms. The fraction of sp³-hybridized carbons (Fsp3) is 0.182. The lowest BCUT2D eigenvalue weighted by atomic mass is 10.0. The standard InChI is InChI=1S/C11H10F2N2O3/c1-17-5-2-6(8-4-15-18-11(8)14)9(16)7(3-5)10(12)13/h2-4,10,16H,14H2,1H3. The number of rotatable bonds is 3. The molecule has 0 aliphatic carbocycles. The number of benzene rings is 1. The first-order chi connectivity index (χ1) is 8.54. The van der Waals surface area contributed by atoms with Gasteiger partial charge in [0, 0.05) is 5.56 Å². The number of methoxy groups -OCH3 is 1. The largest absolute Gasteiger partial charge is 0.507 e. The number of nitrogens with zero attached hydrogens (tertiary/aromatic N) is 1. The molecule has 5 nitrogen and oxygen atoms in total. The molecule has 0 radical (unpaired) electrons. The first-order valence-electron chi connectivity index (χ1n) is 4.94. The zero-order valence-corrected chi connectivity index (χ0v) is 9.35. The van der Waals surface area contributed by atoms with Crippen LogP contribution in [-0.2, 0) is 0 Å². The second-order valence-electron chi connectivity index (χ2n) is 3.52. The maximum Gasteiger partial charge on any atom is 0.267 e. The summed E-state index contributed by atoms with van der Waals surface area (Å²) in [5.74, 6) is -0.460. The second-order valence-corrected chi connectivity index (χ2v) is 3.52. The molecule has 96 valence electrons. The summed E-state index contributed by atoms with van der Waals surface area (Å²) >= 11 is 0. The molecule has 2 aromatic rings. The minimum absolute atomic E-state index is 0.0706. The monoisotopic (exact) mass is 256 g/mol. The van der Waals surface area contributed by atoms with E-state index in [1.54, 1.807) is 0 Å². The van der Waals surface area contributed by atoms with Crippen LogP contribution < -0.4 is 10.5 Å². The first-order valence-corrected chi connectivity index (χ1v) is 4.94. The minimum Gasteiger partial charge on any atom is -0.507 e. The third-order valence-electron chi connectivity index (χ3n) is 2.47. The normalized spacial score (nSPS) is 10.9. The summed E-state index contributed by atoms with van der Waals surface area (Å²) in [5.41, 5.74) is 5.27. The molecule has 0 unspecified atom stereocenters. The topological polar surface area (TPSA) is 81.5 Å². The molecule has 0 bridgehead atoms. The van der Waals surface area contributed by atoms with Crippen LogP contribution in [0.4, 0.5) is 14.7 Å². The van der Waals surface area contributed by atoms with Crippen molar-refractivity contribution in [3.8, 4) is 22.6 Å². The van der Waals surface area contributed by atoms with Crippen LogP contribution in [0.3, 0.4) is 0 Å². The summed E-state index contributed by atoms with van der Waals surface area (Å²) in [6.45, 7) is 0. The third kappa shape index (κ3) is 1.94. The average molecular weight is 256 g/mol. The molecule has 3 N–H and O–H groups in total. The van der Waals surface area contributed by atoms with E-state index in [2.05, 4.69) is 9.68 Å². The molecular formula is C11H10F2N2O3. The van der Waals surface area contributed by atoms with Crippen molar-refractivity contribution in [3.05, 3.63) is 23.9 Å². The van der Waals surface area contributed by atoms with E-state index in [9.17, 15) is 13.9 Å². The number of nitrogen functional groups attached to an aromatic ring is 1. The third-order valence-corrected chi connectivity index (χ3v) is 2.47. The molecule has 0 saturated heterocycles. The van der Waals surface area contributed by atoms with Crippen LogP contribution in [0.5, 0.6) is 11.5 Å². The Morgan fingerprint density at radius 2 is 2.11 bits per heavy atom. The second kappa shape index (κ2) is 4.52. The van der Waals surface area contributed by atoms with Gasteiger partial charge in [0.2, 0.25) is 5.88 Å². The Hall–Kier alpha value is -2.31. The predicted molar refractivity (Wildman–Crippen MR) is 59.5 cm³/mol. The molecule has 18 heavy (non-hydrogen) atoms. The van der Waals surface area contributed by atoms with Crippen LogP contribution in [0.15, 0.2) is 22.9 Å². The number of phenols is 1. The van der Waals surface area contributed by atoms with Crippen LogP contribution in [0.25, 0.3) is 11.1 Å². The lowest BCUT2D eigenvalue weighted by Gasteiger charge is -2.11. The van der Waals surface area contributed by atoms with Gasteiger partial charge in [-0.25, -0.2) is 8.78 Å². The van der Waals surface area contributed by atoms with Crippen molar-refractivity contribution in [1.29, 1.82) is 0 Å². The van der Waals surface area contributed by atoms with E-state index >= 15 is 0 Å². The van der Waals surface area contributed by atoms with Crippen LogP contribution in [0.1, 0.15) is 12.0 Å². The maximum atomic E-state index is 12.8. The first kappa shape index (κ1) is 12.2. The minimum atomic E-state index is -2.83. The highest BCUT2D eigenvalue weighted by Crippen LogP contribution is 2.41. The van der Waals surface area contributed by atoms with Crippen LogP contribution in [0.2, 0.25) is 0 Å². The highest BCUT2D eigenvalue weighted by atomic mass is 19.3. The van der Waals surface area contributed by atoms with Crippen molar-refractivity contribution in [2.24, 2.45) is 0 Å². The van der Waals surface area contributed by atoms with Gasteiger partial charge >= 0.3 is 0 Å². The van der Waals surface area contributed by atoms with E-state index in [-0.39, 0.29) is 22.8 Å². The van der Waals surface area contributed by atoms with Gasteiger partial charge in [0.05, 0.1) is 24.4 Å². The molecule has 2 rings (SSSR count). The van der Waals surface area contributed by atoms with Crippen molar-refractivity contribution in [2.45, 2.75) is 6.43 Å². The fourth-order valence-corrected chi connectivity index (χ4v) is 1.57. The Balaban J connectivity index is 2.67. The fourth-order valence-electron chi connectivity index (χ4n) is 1.57. The number of hydrogen-bond acceptors (Lipinski definition) is 5. The summed E-state index contributed by atoms with van der Waals surface area (Å²) in [4.78, 5) is 0. The Kier molecular flexibility index (Phi) is 3.05. The lowest BCUT2D eigenvalue weighted by Crippen LogP contribution is -1.93. The van der Waals surface area contributed by atoms with Crippen molar-refractivity contribution < 1.29 is 23.1 Å². The number of hydrogen-bond donors (Lipinski definition) is 2. The Morgan fingerprint density at radius 3 is 2.61 bits per heavy atom. The number of nitrogens with two attached hydrogens (primary N) is 1. The zero-order valence-electron chi connectivity index (χ0n) is 9.35. The molecule has 1 aromatic heterocycles. The SMILES string of the molecule is COc1cc(-c2cnoc2N)c(O)c(C(F)F)c1. The molecule has 0 atom stereocenters. The molecule has 0 aliphatic heterocycles. The van der Waals surface area contributed by atoms with Crippen molar-refractivity contribution >= 4 is 5.88 Å². The molecule has 1 aromatic carbocycles. The Morgan fingerprint density at radius 1 is 1.39 bits per heavy atom. The van der Waals surface area contributed by atoms with Gasteiger partial charge in [0.25, 0.3) is 6.43 Å². The van der Waals surface area contributed by atoms with Crippen LogP contribution >= 0.6 is 0 Å². The summed E-state index contributed by atoms with van der Waals surface area (Å²) in [6.07, 6.45) is -1.60. The summed E-state index contributed by atoms with van der Waals surface area (Å²) in [7, 11) is 1.34. The number of anilines is 1. The van der Waals surface area contributed by atoms with Gasteiger partial charge in [-0.3, -0.25) is 0 Å². The Labute approximate surface area is 101 Å². The van der Waals surface area contributed by atoms with Gasteiger partial charge in [-0.2, -0.15) is 0 Å². The quantitative estimate of drug-likeness (QED) is 0.882. The molecule has 7 heteroatoms. The number of phenolic OH excluding ortho intramolecular Hbond substituents is 1. The molecule has 0 saturated carbocycles. The maximum absolute atomic E-state index is 12.8. The molecular weight excluding hydrogens is 246 g/mol. The van der Waals surface area contributed by atoms with Crippen molar-refractivity contribution in [1.82, 2.24) is 5.16 Å². The van der Waals surface area contributed by atoms with Crippen LogP contribution in [0, 0.1) is 0 Å². The van der Waals surface area contributed by atoms with Crippen LogP contribution in [-0.4, -0.2) is 17.4 Å². The number of ether oxygens (including phenoxy) is 1. The van der Waals surface area contributed by atoms with E-state index in [0.717, 1.165) is 6.07 Å². The number of alkyl halides is 2. The van der Waals surface area contributed by atoms with E-state index in [0.29, 0.717) is 0 Å². The molecule has 0 amide bonds. The van der Waals surface area contributed by atoms with E-state index in [1.807, 2.05) is 0 Å². The van der Waals surface area contributed by atoms with E-state index in [1.165, 1.54) is 19.4 Å². The molecule has 0 fully saturated rings. The smallest absolute Gasteiger partial charge is 0.267 e. The highest BCUT2D eigenvalue weighted by Gasteiger charge is 2.21. The van der Waals surface area contributed by atoms with Gasteiger partial charge in [-0.1, -0.05) is 5.16 Å². The number of halogens is 2. The summed E-state index contributed by atoms with van der Waals surface area (Å²) in [6, 6.07) is 2.44. The van der Waals surface area contributed by atoms with Crippen molar-refractivity contribution in [2.75, 3.05) is 12.8 Å². The highest BCUT2D eigenvalue weighted by molar-refractivity contribution is 5.79. The van der Waals surface area contributed by atoms with E-state index < -0.39 is 17.7 Å². The average Bonchev–Trinajstić information content (AvgIpc) is 2.75. The van der Waals surface area contributed by atoms with Gasteiger partial charge in [-0.05, 0) is 12.1 Å². The van der Waals surface area contributed by atoms with Gasteiger partial charge < -0.3 is 20.1 Å². The molecule has 0 aliphatic rings. The predicted octanol–water partition coefficient (Wildman–Crippen LogP) is 2.58. The summed E-state index contributed by atoms with van der Waals surface area (Å²) in [5, 5.41) is 13.2. The van der Waals surface area contributed by atoms with Gasteiger partial charge in [0.15, 0.2) is 0 Å². The lowest BCUT2D eigenvalue weighted by molar-refractivity contribution is 0.147. The van der Waals surface area contributed by atoms with Gasteiger partial charge in [0.1, 0.15) is 11.5 Å². The summed E-state index contributed by atoms with van der Waals surface area (Å²) < 4.78 is 35.1. The Bertz CT molecular complexity index is 569.